The van der Waals surface area contributed by atoms with E-state index in [1.165, 1.54) is 23.5 Å². The first-order valence-corrected chi connectivity index (χ1v) is 8.78. The monoisotopic (exact) mass is 384 g/mol. The summed E-state index contributed by atoms with van der Waals surface area (Å²) in [5.74, 6) is -1.16. The number of rotatable bonds is 5. The van der Waals surface area contributed by atoms with E-state index in [1.807, 2.05) is 19.2 Å². The average molecular weight is 384 g/mol. The van der Waals surface area contributed by atoms with Crippen LogP contribution in [0.15, 0.2) is 24.3 Å². The van der Waals surface area contributed by atoms with Gasteiger partial charge in [0.2, 0.25) is 0 Å². The normalized spacial score (nSPS) is 11.3. The molecule has 1 heterocycles. The molecule has 0 bridgehead atoms. The van der Waals surface area contributed by atoms with E-state index in [4.69, 9.17) is 0 Å². The number of carbonyl (C=O) groups excluding carboxylic acids is 2. The second kappa shape index (κ2) is 7.90. The average Bonchev–Trinajstić information content (AvgIpc) is 2.95. The Kier molecular flexibility index (Phi) is 6.07. The minimum Gasteiger partial charge on any atom is -0.343 e. The zero-order valence-corrected chi connectivity index (χ0v) is 15.4. The van der Waals surface area contributed by atoms with E-state index in [2.05, 4.69) is 5.32 Å². The molecule has 8 heteroatoms. The van der Waals surface area contributed by atoms with Gasteiger partial charge in [-0.25, -0.2) is 0 Å². The third-order valence-corrected chi connectivity index (χ3v) is 5.14. The molecule has 0 fully saturated rings. The third kappa shape index (κ3) is 5.08. The third-order valence-electron chi connectivity index (χ3n) is 3.76. The number of amides is 2. The maximum atomic E-state index is 12.4. The summed E-state index contributed by atoms with van der Waals surface area (Å²) in [6, 6.07) is 6.17. The quantitative estimate of drug-likeness (QED) is 0.799. The molecule has 26 heavy (non-hydrogen) atoms. The highest BCUT2D eigenvalue weighted by Crippen LogP contribution is 2.24. The van der Waals surface area contributed by atoms with Crippen LogP contribution in [0.25, 0.3) is 0 Å². The van der Waals surface area contributed by atoms with Gasteiger partial charge in [-0.05, 0) is 49.6 Å². The van der Waals surface area contributed by atoms with Crippen LogP contribution in [0.1, 0.15) is 43.0 Å². The van der Waals surface area contributed by atoms with Crippen molar-refractivity contribution in [2.45, 2.75) is 33.4 Å². The summed E-state index contributed by atoms with van der Waals surface area (Å²) in [7, 11) is 0. The first kappa shape index (κ1) is 20.0. The Labute approximate surface area is 153 Å². The van der Waals surface area contributed by atoms with Crippen LogP contribution in [-0.4, -0.2) is 24.5 Å². The van der Waals surface area contributed by atoms with E-state index < -0.39 is 18.6 Å². The lowest BCUT2D eigenvalue weighted by molar-refractivity contribution is -0.123. The molecule has 0 aliphatic heterocycles. The van der Waals surface area contributed by atoms with Crippen LogP contribution in [0.5, 0.6) is 0 Å². The molecular weight excluding hydrogens is 365 g/mol. The smallest absolute Gasteiger partial charge is 0.343 e. The highest BCUT2D eigenvalue weighted by atomic mass is 32.1. The van der Waals surface area contributed by atoms with Gasteiger partial charge in [0, 0.05) is 16.1 Å². The van der Waals surface area contributed by atoms with Gasteiger partial charge < -0.3 is 10.6 Å². The standard InChI is InChI=1S/C18H19F3N2O2S/c1-4-14-11(3)7-15(26-14)17(25)23-13-8-12(6-5-10(13)2)16(24)22-9-18(19,20)21/h5-8H,4,9H2,1-3H3,(H,22,24)(H,23,25). The lowest BCUT2D eigenvalue weighted by atomic mass is 10.1. The van der Waals surface area contributed by atoms with Crippen molar-refractivity contribution in [3.8, 4) is 0 Å². The fraction of sp³-hybridized carbons (Fsp3) is 0.333. The Morgan fingerprint density at radius 3 is 2.35 bits per heavy atom. The van der Waals surface area contributed by atoms with Crippen molar-refractivity contribution in [2.75, 3.05) is 11.9 Å². The van der Waals surface area contributed by atoms with Crippen LogP contribution in [0.2, 0.25) is 0 Å². The molecule has 2 aromatic rings. The molecule has 2 N–H and O–H groups in total. The van der Waals surface area contributed by atoms with E-state index >= 15 is 0 Å². The predicted octanol–water partition coefficient (Wildman–Crippen LogP) is 4.47. The topological polar surface area (TPSA) is 58.2 Å². The molecule has 0 radical (unpaired) electrons. The van der Waals surface area contributed by atoms with Crippen molar-refractivity contribution >= 4 is 28.8 Å². The van der Waals surface area contributed by atoms with Gasteiger partial charge in [0.15, 0.2) is 0 Å². The lowest BCUT2D eigenvalue weighted by Crippen LogP contribution is -2.33. The van der Waals surface area contributed by atoms with Crippen molar-refractivity contribution < 1.29 is 22.8 Å². The van der Waals surface area contributed by atoms with Crippen molar-refractivity contribution in [1.29, 1.82) is 0 Å². The number of halogens is 3. The number of aryl methyl sites for hydroxylation is 3. The minimum atomic E-state index is -4.48. The van der Waals surface area contributed by atoms with Crippen molar-refractivity contribution in [2.24, 2.45) is 0 Å². The number of benzene rings is 1. The first-order chi connectivity index (χ1) is 12.1. The Morgan fingerprint density at radius 1 is 1.08 bits per heavy atom. The Bertz CT molecular complexity index is 828. The van der Waals surface area contributed by atoms with E-state index in [-0.39, 0.29) is 11.5 Å². The van der Waals surface area contributed by atoms with E-state index in [0.717, 1.165) is 16.9 Å². The van der Waals surface area contributed by atoms with Crippen LogP contribution < -0.4 is 10.6 Å². The Morgan fingerprint density at radius 2 is 1.77 bits per heavy atom. The highest BCUT2D eigenvalue weighted by Gasteiger charge is 2.28. The molecule has 0 atom stereocenters. The van der Waals surface area contributed by atoms with Gasteiger partial charge in [0.05, 0.1) is 4.88 Å². The minimum absolute atomic E-state index is 0.0479. The van der Waals surface area contributed by atoms with Crippen molar-refractivity contribution in [3.63, 3.8) is 0 Å². The number of hydrogen-bond acceptors (Lipinski definition) is 3. The van der Waals surface area contributed by atoms with Gasteiger partial charge in [0.25, 0.3) is 11.8 Å². The zero-order valence-electron chi connectivity index (χ0n) is 14.6. The van der Waals surface area contributed by atoms with Crippen LogP contribution in [0.3, 0.4) is 0 Å². The molecule has 0 spiro atoms. The summed E-state index contributed by atoms with van der Waals surface area (Å²) in [6.45, 7) is 4.27. The van der Waals surface area contributed by atoms with Gasteiger partial charge in [-0.15, -0.1) is 11.3 Å². The molecule has 2 amide bonds. The molecular formula is C18H19F3N2O2S. The second-order valence-electron chi connectivity index (χ2n) is 5.85. The van der Waals surface area contributed by atoms with E-state index in [1.54, 1.807) is 19.1 Å². The number of carbonyl (C=O) groups is 2. The summed E-state index contributed by atoms with van der Waals surface area (Å²) in [4.78, 5) is 26.0. The number of hydrogen-bond donors (Lipinski definition) is 2. The number of nitrogens with one attached hydrogen (secondary N) is 2. The van der Waals surface area contributed by atoms with Crippen LogP contribution >= 0.6 is 11.3 Å². The molecule has 1 aromatic heterocycles. The summed E-state index contributed by atoms with van der Waals surface area (Å²) >= 11 is 1.40. The largest absolute Gasteiger partial charge is 0.405 e. The van der Waals surface area contributed by atoms with Crippen LogP contribution in [-0.2, 0) is 6.42 Å². The summed E-state index contributed by atoms with van der Waals surface area (Å²) in [6.07, 6.45) is -3.65. The zero-order chi connectivity index (χ0) is 19.5. The molecule has 0 saturated heterocycles. The molecule has 0 aliphatic carbocycles. The highest BCUT2D eigenvalue weighted by molar-refractivity contribution is 7.14. The molecule has 1 aromatic carbocycles. The molecule has 4 nitrogen and oxygen atoms in total. The van der Waals surface area contributed by atoms with Gasteiger partial charge in [-0.3, -0.25) is 9.59 Å². The van der Waals surface area contributed by atoms with Gasteiger partial charge in [0.1, 0.15) is 6.54 Å². The maximum Gasteiger partial charge on any atom is 0.405 e. The summed E-state index contributed by atoms with van der Waals surface area (Å²) in [5, 5.41) is 4.54. The second-order valence-corrected chi connectivity index (χ2v) is 6.99. The van der Waals surface area contributed by atoms with Crippen LogP contribution in [0, 0.1) is 13.8 Å². The molecule has 2 rings (SSSR count). The van der Waals surface area contributed by atoms with Crippen molar-refractivity contribution in [1.82, 2.24) is 5.32 Å². The van der Waals surface area contributed by atoms with Crippen molar-refractivity contribution in [3.05, 3.63) is 50.7 Å². The molecule has 0 unspecified atom stereocenters. The number of alkyl halides is 3. The fourth-order valence-corrected chi connectivity index (χ4v) is 3.36. The first-order valence-electron chi connectivity index (χ1n) is 7.97. The van der Waals surface area contributed by atoms with Gasteiger partial charge in [-0.2, -0.15) is 13.2 Å². The van der Waals surface area contributed by atoms with E-state index in [9.17, 15) is 22.8 Å². The molecule has 0 aliphatic rings. The molecule has 140 valence electrons. The van der Waals surface area contributed by atoms with Crippen LogP contribution in [0.4, 0.5) is 18.9 Å². The number of anilines is 1. The Balaban J connectivity index is 2.16. The Hall–Kier alpha value is -2.35. The number of thiophene rings is 1. The van der Waals surface area contributed by atoms with Gasteiger partial charge >= 0.3 is 6.18 Å². The summed E-state index contributed by atoms with van der Waals surface area (Å²) in [5.41, 5.74) is 2.18. The SMILES string of the molecule is CCc1sc(C(=O)Nc2cc(C(=O)NCC(F)(F)F)ccc2C)cc1C. The molecule has 0 saturated carbocycles. The fourth-order valence-electron chi connectivity index (χ4n) is 2.35. The van der Waals surface area contributed by atoms with E-state index in [0.29, 0.717) is 16.1 Å². The predicted molar refractivity (Wildman–Crippen MR) is 96.0 cm³/mol. The summed E-state index contributed by atoms with van der Waals surface area (Å²) < 4.78 is 36.7. The lowest BCUT2D eigenvalue weighted by Gasteiger charge is -2.11. The maximum absolute atomic E-state index is 12.4. The van der Waals surface area contributed by atoms with Gasteiger partial charge in [-0.1, -0.05) is 13.0 Å².